The Labute approximate surface area is 192 Å². The lowest BCUT2D eigenvalue weighted by atomic mass is 9.94. The molecular formula is C25H28N2O6. The number of amides is 2. The quantitative estimate of drug-likeness (QED) is 0.488. The van der Waals surface area contributed by atoms with Crippen LogP contribution >= 0.6 is 0 Å². The second-order valence-corrected chi connectivity index (χ2v) is 9.19. The second-order valence-electron chi connectivity index (χ2n) is 9.19. The van der Waals surface area contributed by atoms with Crippen molar-refractivity contribution in [3.05, 3.63) is 59.7 Å². The summed E-state index contributed by atoms with van der Waals surface area (Å²) in [6.45, 7) is 2.34. The number of carbonyl (C=O) groups excluding carboxylic acids is 2. The van der Waals surface area contributed by atoms with Gasteiger partial charge in [-0.1, -0.05) is 48.5 Å². The lowest BCUT2D eigenvalue weighted by Gasteiger charge is -2.30. The Hall–Kier alpha value is -3.39. The van der Waals surface area contributed by atoms with Crippen molar-refractivity contribution in [3.63, 3.8) is 0 Å². The highest BCUT2D eigenvalue weighted by molar-refractivity contribution is 5.91. The molecule has 0 bridgehead atoms. The molecule has 2 aromatic carbocycles. The van der Waals surface area contributed by atoms with Crippen LogP contribution in [0.4, 0.5) is 4.79 Å². The van der Waals surface area contributed by atoms with Gasteiger partial charge in [-0.3, -0.25) is 4.79 Å². The minimum Gasteiger partial charge on any atom is -0.479 e. The van der Waals surface area contributed by atoms with Gasteiger partial charge < -0.3 is 25.6 Å². The van der Waals surface area contributed by atoms with Crippen LogP contribution in [-0.4, -0.2) is 52.5 Å². The molecule has 1 fully saturated rings. The van der Waals surface area contributed by atoms with E-state index in [-0.39, 0.29) is 18.4 Å². The number of rotatable bonds is 8. The molecule has 4 N–H and O–H groups in total. The predicted octanol–water partition coefficient (Wildman–Crippen LogP) is 2.65. The Morgan fingerprint density at radius 3 is 2.06 bits per heavy atom. The normalized spacial score (nSPS) is 18.3. The molecule has 0 saturated heterocycles. The maximum absolute atomic E-state index is 12.9. The fourth-order valence-electron chi connectivity index (χ4n) is 4.36. The number of benzene rings is 2. The van der Waals surface area contributed by atoms with Crippen molar-refractivity contribution < 1.29 is 29.3 Å². The Bertz CT molecular complexity index is 1050. The summed E-state index contributed by atoms with van der Waals surface area (Å²) in [4.78, 5) is 36.7. The Balaban J connectivity index is 1.42. The highest BCUT2D eigenvalue weighted by atomic mass is 16.5. The monoisotopic (exact) mass is 452 g/mol. The molecule has 8 heteroatoms. The van der Waals surface area contributed by atoms with Crippen LogP contribution in [0.2, 0.25) is 0 Å². The maximum atomic E-state index is 12.9. The third-order valence-corrected chi connectivity index (χ3v) is 6.62. The first kappa shape index (κ1) is 22.8. The molecule has 2 aromatic rings. The van der Waals surface area contributed by atoms with E-state index >= 15 is 0 Å². The molecule has 0 aromatic heterocycles. The largest absolute Gasteiger partial charge is 0.479 e. The summed E-state index contributed by atoms with van der Waals surface area (Å²) in [6.07, 6.45) is 0.789. The molecular weight excluding hydrogens is 424 g/mol. The molecule has 2 unspecified atom stereocenters. The minimum absolute atomic E-state index is 0.0900. The van der Waals surface area contributed by atoms with Gasteiger partial charge in [0, 0.05) is 5.92 Å². The van der Waals surface area contributed by atoms with Crippen LogP contribution in [0, 0.1) is 5.92 Å². The first-order chi connectivity index (χ1) is 15.6. The zero-order valence-electron chi connectivity index (χ0n) is 18.6. The third-order valence-electron chi connectivity index (χ3n) is 6.62. The summed E-state index contributed by atoms with van der Waals surface area (Å²) in [5.41, 5.74) is 1.04. The van der Waals surface area contributed by atoms with Gasteiger partial charge in [-0.25, -0.2) is 9.59 Å². The summed E-state index contributed by atoms with van der Waals surface area (Å²) >= 11 is 0. The Kier molecular flexibility index (Phi) is 5.88. The zero-order valence-corrected chi connectivity index (χ0v) is 18.6. The van der Waals surface area contributed by atoms with Crippen LogP contribution in [0.15, 0.2) is 48.5 Å². The highest BCUT2D eigenvalue weighted by Crippen LogP contribution is 2.44. The van der Waals surface area contributed by atoms with Crippen molar-refractivity contribution in [1.82, 2.24) is 10.6 Å². The van der Waals surface area contributed by atoms with Crippen LogP contribution in [0.5, 0.6) is 0 Å². The smallest absolute Gasteiger partial charge is 0.408 e. The Morgan fingerprint density at radius 2 is 1.55 bits per heavy atom. The average molecular weight is 453 g/mol. The van der Waals surface area contributed by atoms with E-state index < -0.39 is 35.7 Å². The molecule has 0 heterocycles. The number of ether oxygens (including phenoxy) is 1. The number of alkyl carbamates (subject to hydrolysis) is 1. The number of carboxylic acids is 1. The van der Waals surface area contributed by atoms with Crippen molar-refractivity contribution in [2.24, 2.45) is 5.92 Å². The Morgan fingerprint density at radius 1 is 1.00 bits per heavy atom. The van der Waals surface area contributed by atoms with E-state index in [9.17, 15) is 19.5 Å². The molecule has 2 amide bonds. The van der Waals surface area contributed by atoms with Gasteiger partial charge in [-0.05, 0) is 54.9 Å². The van der Waals surface area contributed by atoms with Crippen LogP contribution in [0.25, 0.3) is 11.1 Å². The van der Waals surface area contributed by atoms with Crippen molar-refractivity contribution in [2.75, 3.05) is 13.2 Å². The second kappa shape index (κ2) is 8.51. The van der Waals surface area contributed by atoms with Crippen LogP contribution in [0.3, 0.4) is 0 Å². The van der Waals surface area contributed by atoms with Gasteiger partial charge in [0.2, 0.25) is 5.91 Å². The van der Waals surface area contributed by atoms with Crippen LogP contribution < -0.4 is 10.6 Å². The van der Waals surface area contributed by atoms with Crippen molar-refractivity contribution in [1.29, 1.82) is 0 Å². The van der Waals surface area contributed by atoms with E-state index in [0.717, 1.165) is 42.0 Å². The molecule has 8 nitrogen and oxygen atoms in total. The molecule has 0 aliphatic heterocycles. The first-order valence-corrected chi connectivity index (χ1v) is 11.0. The first-order valence-electron chi connectivity index (χ1n) is 11.0. The molecule has 2 aliphatic rings. The molecule has 33 heavy (non-hydrogen) atoms. The zero-order chi connectivity index (χ0) is 23.8. The standard InChI is InChI=1S/C25H28N2O6/c1-24(32,22(29)30)14-26-21(28)25(2,15-11-12-15)27-23(31)33-13-20-18-9-5-3-7-16(18)17-8-4-6-10-19(17)20/h3-10,15,20,32H,11-14H2,1-2H3,(H,26,28)(H,27,31)(H,29,30). The fraction of sp³-hybridized carbons (Fsp3) is 0.400. The number of hydrogen-bond donors (Lipinski definition) is 4. The molecule has 4 rings (SSSR count). The molecule has 0 radical (unpaired) electrons. The van der Waals surface area contributed by atoms with Crippen molar-refractivity contribution in [2.45, 2.75) is 43.7 Å². The lowest BCUT2D eigenvalue weighted by Crippen LogP contribution is -2.60. The van der Waals surface area contributed by atoms with Gasteiger partial charge >= 0.3 is 12.1 Å². The summed E-state index contributed by atoms with van der Waals surface area (Å²) in [7, 11) is 0. The number of carboxylic acid groups (broad SMARTS) is 1. The molecule has 1 saturated carbocycles. The van der Waals surface area contributed by atoms with Crippen LogP contribution in [0.1, 0.15) is 43.7 Å². The summed E-state index contributed by atoms with van der Waals surface area (Å²) in [5, 5.41) is 24.1. The van der Waals surface area contributed by atoms with Crippen molar-refractivity contribution in [3.8, 4) is 11.1 Å². The van der Waals surface area contributed by atoms with E-state index in [1.165, 1.54) is 0 Å². The van der Waals surface area contributed by atoms with E-state index in [1.807, 2.05) is 36.4 Å². The number of hydrogen-bond acceptors (Lipinski definition) is 5. The van der Waals surface area contributed by atoms with Gasteiger partial charge in [0.05, 0.1) is 6.54 Å². The van der Waals surface area contributed by atoms with Gasteiger partial charge in [-0.2, -0.15) is 0 Å². The van der Waals surface area contributed by atoms with E-state index in [2.05, 4.69) is 22.8 Å². The predicted molar refractivity (Wildman–Crippen MR) is 121 cm³/mol. The average Bonchev–Trinajstić information content (AvgIpc) is 3.60. The van der Waals surface area contributed by atoms with E-state index in [0.29, 0.717) is 0 Å². The van der Waals surface area contributed by atoms with Gasteiger partial charge in [0.15, 0.2) is 5.60 Å². The summed E-state index contributed by atoms with van der Waals surface area (Å²) in [5.74, 6) is -2.19. The minimum atomic E-state index is -2.11. The molecule has 2 aliphatic carbocycles. The highest BCUT2D eigenvalue weighted by Gasteiger charge is 2.49. The summed E-state index contributed by atoms with van der Waals surface area (Å²) in [6, 6.07) is 16.0. The van der Waals surface area contributed by atoms with Gasteiger partial charge in [0.1, 0.15) is 12.1 Å². The topological polar surface area (TPSA) is 125 Å². The molecule has 174 valence electrons. The molecule has 2 atom stereocenters. The lowest BCUT2D eigenvalue weighted by molar-refractivity contribution is -0.156. The van der Waals surface area contributed by atoms with Crippen LogP contribution in [-0.2, 0) is 14.3 Å². The van der Waals surface area contributed by atoms with E-state index in [1.54, 1.807) is 6.92 Å². The number of nitrogens with one attached hydrogen (secondary N) is 2. The number of fused-ring (bicyclic) bond motifs is 3. The number of carbonyl (C=O) groups is 3. The van der Waals surface area contributed by atoms with Gasteiger partial charge in [-0.15, -0.1) is 0 Å². The van der Waals surface area contributed by atoms with Gasteiger partial charge in [0.25, 0.3) is 0 Å². The third kappa shape index (κ3) is 4.43. The summed E-state index contributed by atoms with van der Waals surface area (Å²) < 4.78 is 5.57. The number of aliphatic carboxylic acids is 1. The SMILES string of the molecule is CC(O)(CNC(=O)C(C)(NC(=O)OCC1c2ccccc2-c2ccccc21)C1CC1)C(=O)O. The number of aliphatic hydroxyl groups is 1. The van der Waals surface area contributed by atoms with E-state index in [4.69, 9.17) is 9.84 Å². The maximum Gasteiger partial charge on any atom is 0.408 e. The fourth-order valence-corrected chi connectivity index (χ4v) is 4.36. The molecule has 0 spiro atoms. The van der Waals surface area contributed by atoms with Crippen molar-refractivity contribution >= 4 is 18.0 Å².